The van der Waals surface area contributed by atoms with E-state index in [4.69, 9.17) is 9.72 Å². The van der Waals surface area contributed by atoms with Crippen LogP contribution in [-0.4, -0.2) is 32.0 Å². The molecule has 1 N–H and O–H groups in total. The molecule has 2 aromatic heterocycles. The van der Waals surface area contributed by atoms with Crippen LogP contribution in [0.25, 0.3) is 11.2 Å². The van der Waals surface area contributed by atoms with Gasteiger partial charge in [0.1, 0.15) is 11.3 Å². The van der Waals surface area contributed by atoms with Crippen molar-refractivity contribution in [3.63, 3.8) is 0 Å². The van der Waals surface area contributed by atoms with Crippen LogP contribution in [0.15, 0.2) is 0 Å². The van der Waals surface area contributed by atoms with Gasteiger partial charge in [-0.05, 0) is 26.7 Å². The van der Waals surface area contributed by atoms with Gasteiger partial charge in [0.2, 0.25) is 0 Å². The van der Waals surface area contributed by atoms with E-state index in [1.165, 1.54) is 0 Å². The van der Waals surface area contributed by atoms with E-state index in [9.17, 15) is 0 Å². The number of aromatic nitrogens is 4. The monoisotopic (exact) mass is 290 g/mol. The Bertz CT molecular complexity index is 660. The Labute approximate surface area is 126 Å². The summed E-state index contributed by atoms with van der Waals surface area (Å²) in [7, 11) is 1.97. The number of nitrogens with zero attached hydrogens (tertiary/aromatic N) is 3. The van der Waals surface area contributed by atoms with Crippen molar-refractivity contribution in [1.82, 2.24) is 19.7 Å². The molecule has 1 unspecified atom stereocenters. The third-order valence-electron chi connectivity index (χ3n) is 4.29. The van der Waals surface area contributed by atoms with E-state index >= 15 is 0 Å². The summed E-state index contributed by atoms with van der Waals surface area (Å²) < 4.78 is 7.70. The molecule has 0 spiro atoms. The highest BCUT2D eigenvalue weighted by Gasteiger charge is 2.32. The lowest BCUT2D eigenvalue weighted by atomic mass is 9.88. The molecule has 1 atom stereocenters. The number of rotatable bonds is 1. The van der Waals surface area contributed by atoms with E-state index in [1.807, 2.05) is 11.7 Å². The lowest BCUT2D eigenvalue weighted by molar-refractivity contribution is -0.0602. The lowest BCUT2D eigenvalue weighted by Crippen LogP contribution is -2.33. The molecule has 5 nitrogen and oxygen atoms in total. The molecule has 3 rings (SSSR count). The van der Waals surface area contributed by atoms with Crippen molar-refractivity contribution in [2.24, 2.45) is 7.05 Å². The highest BCUT2D eigenvalue weighted by atomic mass is 16.5. The predicted molar refractivity (Wildman–Crippen MR) is 83.6 cm³/mol. The zero-order valence-corrected chi connectivity index (χ0v) is 13.9. The number of imidazole rings is 1. The number of ether oxygens (including phenoxy) is 1. The summed E-state index contributed by atoms with van der Waals surface area (Å²) in [5, 5.41) is 4.63. The summed E-state index contributed by atoms with van der Waals surface area (Å²) >= 11 is 0. The molecule has 1 aliphatic heterocycles. The van der Waals surface area contributed by atoms with Gasteiger partial charge in [0.05, 0.1) is 11.3 Å². The van der Waals surface area contributed by atoms with Crippen LogP contribution in [0.5, 0.6) is 0 Å². The smallest absolute Gasteiger partial charge is 0.176 e. The molecule has 0 amide bonds. The third-order valence-corrected chi connectivity index (χ3v) is 4.29. The minimum Gasteiger partial charge on any atom is -0.376 e. The van der Waals surface area contributed by atoms with Gasteiger partial charge < -0.3 is 9.72 Å². The summed E-state index contributed by atoms with van der Waals surface area (Å²) in [6, 6.07) is 0. The van der Waals surface area contributed by atoms with E-state index < -0.39 is 0 Å². The van der Waals surface area contributed by atoms with Crippen LogP contribution in [0, 0.1) is 0 Å². The molecule has 21 heavy (non-hydrogen) atoms. The minimum atomic E-state index is -0.0625. The topological polar surface area (TPSA) is 55.7 Å². The summed E-state index contributed by atoms with van der Waals surface area (Å²) in [6.07, 6.45) is 2.03. The van der Waals surface area contributed by atoms with Crippen molar-refractivity contribution in [2.45, 2.75) is 64.4 Å². The van der Waals surface area contributed by atoms with Gasteiger partial charge in [-0.15, -0.1) is 0 Å². The highest BCUT2D eigenvalue weighted by molar-refractivity contribution is 5.75. The summed E-state index contributed by atoms with van der Waals surface area (Å²) in [5.41, 5.74) is 3.08. The standard InChI is InChI=1S/C16H26N4O/c1-15(2,3)12-11-14(20(6)19-12)18-13(17-11)10-7-8-21-16(4,5)9-10/h10H,7-9H2,1-6H3,(H,17,18). The van der Waals surface area contributed by atoms with Crippen molar-refractivity contribution in [3.8, 4) is 0 Å². The zero-order valence-electron chi connectivity index (χ0n) is 13.9. The normalized spacial score (nSPS) is 22.9. The van der Waals surface area contributed by atoms with Crippen LogP contribution >= 0.6 is 0 Å². The molecule has 1 saturated heterocycles. The van der Waals surface area contributed by atoms with Gasteiger partial charge >= 0.3 is 0 Å². The number of H-pyrrole nitrogens is 1. The molecule has 0 radical (unpaired) electrons. The molecule has 1 aliphatic rings. The van der Waals surface area contributed by atoms with Crippen molar-refractivity contribution in [1.29, 1.82) is 0 Å². The van der Waals surface area contributed by atoms with E-state index in [1.54, 1.807) is 0 Å². The maximum Gasteiger partial charge on any atom is 0.176 e. The molecule has 2 aromatic rings. The van der Waals surface area contributed by atoms with Gasteiger partial charge in [-0.3, -0.25) is 0 Å². The summed E-state index contributed by atoms with van der Waals surface area (Å²) in [5.74, 6) is 1.52. The first-order chi connectivity index (χ1) is 9.67. The quantitative estimate of drug-likeness (QED) is 0.877. The number of nitrogens with one attached hydrogen (secondary N) is 1. The van der Waals surface area contributed by atoms with Crippen LogP contribution in [0.2, 0.25) is 0 Å². The van der Waals surface area contributed by atoms with E-state index in [2.05, 4.69) is 44.7 Å². The van der Waals surface area contributed by atoms with Gasteiger partial charge in [-0.25, -0.2) is 9.67 Å². The van der Waals surface area contributed by atoms with Gasteiger partial charge in [0.25, 0.3) is 0 Å². The van der Waals surface area contributed by atoms with Crippen LogP contribution < -0.4 is 0 Å². The first kappa shape index (κ1) is 14.6. The van der Waals surface area contributed by atoms with Crippen LogP contribution in [0.3, 0.4) is 0 Å². The zero-order chi connectivity index (χ0) is 15.4. The number of hydrogen-bond acceptors (Lipinski definition) is 3. The molecular formula is C16H26N4O. The molecule has 0 aromatic carbocycles. The van der Waals surface area contributed by atoms with Crippen molar-refractivity contribution in [2.75, 3.05) is 6.61 Å². The molecule has 116 valence electrons. The van der Waals surface area contributed by atoms with Crippen LogP contribution in [0.1, 0.15) is 64.9 Å². The number of fused-ring (bicyclic) bond motifs is 1. The fourth-order valence-electron chi connectivity index (χ4n) is 3.21. The Morgan fingerprint density at radius 1 is 1.33 bits per heavy atom. The first-order valence-electron chi connectivity index (χ1n) is 7.74. The minimum absolute atomic E-state index is 0.0122. The van der Waals surface area contributed by atoms with Crippen molar-refractivity contribution < 1.29 is 4.74 Å². The molecule has 5 heteroatoms. The molecule has 0 bridgehead atoms. The van der Waals surface area contributed by atoms with E-state index in [0.717, 1.165) is 42.1 Å². The second kappa shape index (κ2) is 4.57. The largest absolute Gasteiger partial charge is 0.376 e. The average molecular weight is 290 g/mol. The summed E-state index contributed by atoms with van der Waals surface area (Å²) in [6.45, 7) is 11.7. The SMILES string of the molecule is Cn1nc(C(C)(C)C)c2[nH]c(C3CCOC(C)(C)C3)nc21. The predicted octanol–water partition coefficient (Wildman–Crippen LogP) is 3.27. The maximum atomic E-state index is 5.82. The fourth-order valence-corrected chi connectivity index (χ4v) is 3.21. The third kappa shape index (κ3) is 2.59. The maximum absolute atomic E-state index is 5.82. The Morgan fingerprint density at radius 2 is 2.05 bits per heavy atom. The number of aryl methyl sites for hydroxylation is 1. The number of hydrogen-bond donors (Lipinski definition) is 1. The lowest BCUT2D eigenvalue weighted by Gasteiger charge is -2.34. The van der Waals surface area contributed by atoms with Crippen LogP contribution in [0.4, 0.5) is 0 Å². The van der Waals surface area contributed by atoms with Crippen LogP contribution in [-0.2, 0) is 17.2 Å². The summed E-state index contributed by atoms with van der Waals surface area (Å²) in [4.78, 5) is 8.37. The second-order valence-electron chi connectivity index (χ2n) is 7.84. The first-order valence-corrected chi connectivity index (χ1v) is 7.74. The van der Waals surface area contributed by atoms with Gasteiger partial charge in [0, 0.05) is 25.0 Å². The molecule has 1 fully saturated rings. The Hall–Kier alpha value is -1.36. The molecule has 0 aliphatic carbocycles. The van der Waals surface area contributed by atoms with Gasteiger partial charge in [-0.1, -0.05) is 20.8 Å². The Morgan fingerprint density at radius 3 is 2.67 bits per heavy atom. The second-order valence-corrected chi connectivity index (χ2v) is 7.84. The average Bonchev–Trinajstić information content (AvgIpc) is 2.88. The van der Waals surface area contributed by atoms with Gasteiger partial charge in [-0.2, -0.15) is 5.10 Å². The van der Waals surface area contributed by atoms with Gasteiger partial charge in [0.15, 0.2) is 5.65 Å². The molecular weight excluding hydrogens is 264 g/mol. The molecule has 0 saturated carbocycles. The number of aromatic amines is 1. The Kier molecular flexibility index (Phi) is 3.17. The van der Waals surface area contributed by atoms with Crippen molar-refractivity contribution in [3.05, 3.63) is 11.5 Å². The molecule has 3 heterocycles. The highest BCUT2D eigenvalue weighted by Crippen LogP contribution is 2.36. The van der Waals surface area contributed by atoms with E-state index in [-0.39, 0.29) is 11.0 Å². The fraction of sp³-hybridized carbons (Fsp3) is 0.750. The van der Waals surface area contributed by atoms with Crippen molar-refractivity contribution >= 4 is 11.2 Å². The van der Waals surface area contributed by atoms with E-state index in [0.29, 0.717) is 5.92 Å². The Balaban J connectivity index is 2.02.